The summed E-state index contributed by atoms with van der Waals surface area (Å²) in [4.78, 5) is 27.5. The lowest BCUT2D eigenvalue weighted by Gasteiger charge is -2.35. The van der Waals surface area contributed by atoms with Crippen molar-refractivity contribution in [3.8, 4) is 0 Å². The highest BCUT2D eigenvalue weighted by Crippen LogP contribution is 2.11. The number of benzene rings is 1. The second-order valence-electron chi connectivity index (χ2n) is 4.60. The molecule has 1 aliphatic rings. The summed E-state index contributed by atoms with van der Waals surface area (Å²) >= 11 is 3.28. The Bertz CT molecular complexity index is 454. The first-order chi connectivity index (χ1) is 9.09. The van der Waals surface area contributed by atoms with Crippen molar-refractivity contribution in [3.05, 3.63) is 35.9 Å². The van der Waals surface area contributed by atoms with Gasteiger partial charge in [0.05, 0.1) is 4.83 Å². The molecule has 0 spiro atoms. The third-order valence-corrected chi connectivity index (χ3v) is 3.63. The van der Waals surface area contributed by atoms with Gasteiger partial charge < -0.3 is 9.80 Å². The van der Waals surface area contributed by atoms with Crippen molar-refractivity contribution < 1.29 is 9.59 Å². The van der Waals surface area contributed by atoms with Crippen LogP contribution < -0.4 is 0 Å². The minimum atomic E-state index is -0.163. The van der Waals surface area contributed by atoms with Crippen molar-refractivity contribution >= 4 is 27.7 Å². The van der Waals surface area contributed by atoms with Crippen LogP contribution in [0.2, 0.25) is 0 Å². The number of halogens is 1. The van der Waals surface area contributed by atoms with Crippen LogP contribution in [-0.2, 0) is 4.79 Å². The Hall–Kier alpha value is -1.36. The maximum absolute atomic E-state index is 12.2. The lowest BCUT2D eigenvalue weighted by molar-refractivity contribution is -0.131. The van der Waals surface area contributed by atoms with Crippen LogP contribution in [0, 0.1) is 0 Å². The molecule has 0 aromatic heterocycles. The molecule has 19 heavy (non-hydrogen) atoms. The molecular weight excluding hydrogens is 308 g/mol. The maximum atomic E-state index is 12.2. The number of carbonyl (C=O) groups excluding carboxylic acids is 2. The van der Waals surface area contributed by atoms with Gasteiger partial charge >= 0.3 is 0 Å². The minimum absolute atomic E-state index is 0.0413. The molecule has 1 aliphatic heterocycles. The fourth-order valence-electron chi connectivity index (χ4n) is 2.14. The van der Waals surface area contributed by atoms with Gasteiger partial charge in [-0.2, -0.15) is 0 Å². The van der Waals surface area contributed by atoms with E-state index in [4.69, 9.17) is 0 Å². The Labute approximate surface area is 121 Å². The second kappa shape index (κ2) is 6.19. The topological polar surface area (TPSA) is 40.6 Å². The number of nitrogens with zero attached hydrogens (tertiary/aromatic N) is 2. The van der Waals surface area contributed by atoms with Gasteiger partial charge in [-0.15, -0.1) is 0 Å². The molecule has 2 rings (SSSR count). The molecule has 1 fully saturated rings. The van der Waals surface area contributed by atoms with Crippen LogP contribution in [-0.4, -0.2) is 52.6 Å². The van der Waals surface area contributed by atoms with Gasteiger partial charge in [0, 0.05) is 31.7 Å². The van der Waals surface area contributed by atoms with Crippen LogP contribution in [0.5, 0.6) is 0 Å². The summed E-state index contributed by atoms with van der Waals surface area (Å²) in [5.41, 5.74) is 0.705. The van der Waals surface area contributed by atoms with E-state index >= 15 is 0 Å². The van der Waals surface area contributed by atoms with Crippen molar-refractivity contribution in [1.29, 1.82) is 0 Å². The average Bonchev–Trinajstić information content (AvgIpc) is 2.46. The van der Waals surface area contributed by atoms with Crippen molar-refractivity contribution in [2.24, 2.45) is 0 Å². The van der Waals surface area contributed by atoms with E-state index in [-0.39, 0.29) is 16.6 Å². The van der Waals surface area contributed by atoms with Gasteiger partial charge in [0.1, 0.15) is 0 Å². The predicted molar refractivity (Wildman–Crippen MR) is 77.3 cm³/mol. The van der Waals surface area contributed by atoms with Crippen LogP contribution >= 0.6 is 15.9 Å². The molecule has 0 N–H and O–H groups in total. The van der Waals surface area contributed by atoms with Gasteiger partial charge in [-0.05, 0) is 19.1 Å². The molecule has 1 aromatic carbocycles. The lowest BCUT2D eigenvalue weighted by atomic mass is 10.2. The molecule has 1 atom stereocenters. The van der Waals surface area contributed by atoms with E-state index in [0.717, 1.165) is 0 Å². The van der Waals surface area contributed by atoms with E-state index in [2.05, 4.69) is 15.9 Å². The number of rotatable bonds is 2. The van der Waals surface area contributed by atoms with Crippen molar-refractivity contribution in [2.45, 2.75) is 11.8 Å². The molecule has 1 heterocycles. The average molecular weight is 325 g/mol. The van der Waals surface area contributed by atoms with Crippen LogP contribution in [0.1, 0.15) is 17.3 Å². The molecule has 0 bridgehead atoms. The summed E-state index contributed by atoms with van der Waals surface area (Å²) in [6.45, 7) is 4.23. The highest BCUT2D eigenvalue weighted by Gasteiger charge is 2.26. The van der Waals surface area contributed by atoms with Crippen LogP contribution in [0.15, 0.2) is 30.3 Å². The molecule has 0 saturated carbocycles. The molecule has 2 amide bonds. The zero-order valence-corrected chi connectivity index (χ0v) is 12.5. The quantitative estimate of drug-likeness (QED) is 0.778. The van der Waals surface area contributed by atoms with E-state index in [0.29, 0.717) is 31.7 Å². The third-order valence-electron chi connectivity index (χ3n) is 3.24. The first-order valence-corrected chi connectivity index (χ1v) is 7.28. The normalized spacial score (nSPS) is 17.2. The highest BCUT2D eigenvalue weighted by molar-refractivity contribution is 9.10. The third kappa shape index (κ3) is 3.35. The Morgan fingerprint density at radius 1 is 1.05 bits per heavy atom. The van der Waals surface area contributed by atoms with Gasteiger partial charge in [0.25, 0.3) is 5.91 Å². The minimum Gasteiger partial charge on any atom is -0.338 e. The zero-order valence-electron chi connectivity index (χ0n) is 10.9. The molecule has 1 aromatic rings. The number of carbonyl (C=O) groups is 2. The largest absolute Gasteiger partial charge is 0.338 e. The van der Waals surface area contributed by atoms with Gasteiger partial charge in [0.2, 0.25) is 5.91 Å². The standard InChI is InChI=1S/C14H17BrN2O2/c1-11(15)13(18)16-7-9-17(10-8-16)14(19)12-5-3-2-4-6-12/h2-6,11H,7-10H2,1H3. The highest BCUT2D eigenvalue weighted by atomic mass is 79.9. The van der Waals surface area contributed by atoms with E-state index in [1.54, 1.807) is 9.80 Å². The maximum Gasteiger partial charge on any atom is 0.253 e. The van der Waals surface area contributed by atoms with Crippen LogP contribution in [0.3, 0.4) is 0 Å². The number of amides is 2. The first kappa shape index (κ1) is 14.1. The summed E-state index contributed by atoms with van der Waals surface area (Å²) in [6.07, 6.45) is 0. The summed E-state index contributed by atoms with van der Waals surface area (Å²) in [6, 6.07) is 9.25. The monoisotopic (exact) mass is 324 g/mol. The molecule has 0 aliphatic carbocycles. The fraction of sp³-hybridized carbons (Fsp3) is 0.429. The summed E-state index contributed by atoms with van der Waals surface area (Å²) in [7, 11) is 0. The fourth-order valence-corrected chi connectivity index (χ4v) is 2.43. The predicted octanol–water partition coefficient (Wildman–Crippen LogP) is 1.75. The SMILES string of the molecule is CC(Br)C(=O)N1CCN(C(=O)c2ccccc2)CC1. The van der Waals surface area contributed by atoms with Crippen molar-refractivity contribution in [1.82, 2.24) is 9.80 Å². The van der Waals surface area contributed by atoms with Gasteiger partial charge in [0.15, 0.2) is 0 Å². The van der Waals surface area contributed by atoms with Gasteiger partial charge in [-0.25, -0.2) is 0 Å². The summed E-state index contributed by atoms with van der Waals surface area (Å²) in [5, 5.41) is 0. The Morgan fingerprint density at radius 2 is 1.58 bits per heavy atom. The molecule has 1 saturated heterocycles. The lowest BCUT2D eigenvalue weighted by Crippen LogP contribution is -2.51. The number of hydrogen-bond donors (Lipinski definition) is 0. The molecule has 102 valence electrons. The van der Waals surface area contributed by atoms with E-state index < -0.39 is 0 Å². The van der Waals surface area contributed by atoms with E-state index in [9.17, 15) is 9.59 Å². The molecule has 1 unspecified atom stereocenters. The molecule has 5 heteroatoms. The number of piperazine rings is 1. The molecular formula is C14H17BrN2O2. The first-order valence-electron chi connectivity index (χ1n) is 6.37. The summed E-state index contributed by atoms with van der Waals surface area (Å²) < 4.78 is 0. The second-order valence-corrected chi connectivity index (χ2v) is 5.97. The number of hydrogen-bond acceptors (Lipinski definition) is 2. The zero-order chi connectivity index (χ0) is 13.8. The Morgan fingerprint density at radius 3 is 2.11 bits per heavy atom. The van der Waals surface area contributed by atoms with Crippen molar-refractivity contribution in [2.75, 3.05) is 26.2 Å². The van der Waals surface area contributed by atoms with E-state index in [1.807, 2.05) is 37.3 Å². The molecule has 4 nitrogen and oxygen atoms in total. The van der Waals surface area contributed by atoms with Gasteiger partial charge in [-0.1, -0.05) is 34.1 Å². The Balaban J connectivity index is 1.94. The van der Waals surface area contributed by atoms with E-state index in [1.165, 1.54) is 0 Å². The number of alkyl halides is 1. The van der Waals surface area contributed by atoms with Crippen LogP contribution in [0.25, 0.3) is 0 Å². The summed E-state index contributed by atoms with van der Waals surface area (Å²) in [5.74, 6) is 0.131. The smallest absolute Gasteiger partial charge is 0.253 e. The van der Waals surface area contributed by atoms with Crippen molar-refractivity contribution in [3.63, 3.8) is 0 Å². The van der Waals surface area contributed by atoms with Crippen LogP contribution in [0.4, 0.5) is 0 Å². The molecule has 0 radical (unpaired) electrons. The van der Waals surface area contributed by atoms with Gasteiger partial charge in [-0.3, -0.25) is 9.59 Å². The Kier molecular flexibility index (Phi) is 4.58.